The minimum atomic E-state index is -3.12. The number of likely N-dealkylation sites (tertiary alicyclic amines) is 1. The molecule has 2 fully saturated rings. The van der Waals surface area contributed by atoms with E-state index < -0.39 is 21.3 Å². The van der Waals surface area contributed by atoms with E-state index in [0.717, 1.165) is 13.0 Å². The van der Waals surface area contributed by atoms with Gasteiger partial charge in [-0.05, 0) is 12.3 Å². The summed E-state index contributed by atoms with van der Waals surface area (Å²) in [6.45, 7) is 3.90. The molecule has 2 heterocycles. The van der Waals surface area contributed by atoms with E-state index >= 15 is 0 Å². The zero-order valence-electron chi connectivity index (χ0n) is 11.6. The van der Waals surface area contributed by atoms with Crippen LogP contribution in [-0.4, -0.2) is 67.8 Å². The Morgan fingerprint density at radius 1 is 1.40 bits per heavy atom. The molecule has 0 bridgehead atoms. The second-order valence-corrected chi connectivity index (χ2v) is 8.78. The van der Waals surface area contributed by atoms with Crippen LogP contribution in [-0.2, 0) is 14.6 Å². The van der Waals surface area contributed by atoms with Crippen LogP contribution >= 0.6 is 11.6 Å². The molecule has 0 radical (unpaired) electrons. The van der Waals surface area contributed by atoms with Gasteiger partial charge in [-0.2, -0.15) is 0 Å². The van der Waals surface area contributed by atoms with E-state index in [1.807, 2.05) is 4.90 Å². The number of alkyl halides is 1. The summed E-state index contributed by atoms with van der Waals surface area (Å²) in [5, 5.41) is 2.19. The van der Waals surface area contributed by atoms with Gasteiger partial charge in [-0.3, -0.25) is 9.69 Å². The summed E-state index contributed by atoms with van der Waals surface area (Å²) >= 11 is 5.97. The van der Waals surface area contributed by atoms with Gasteiger partial charge in [0, 0.05) is 19.1 Å². The van der Waals surface area contributed by atoms with Crippen molar-refractivity contribution in [1.82, 2.24) is 10.2 Å². The van der Waals surface area contributed by atoms with Crippen LogP contribution in [0, 0.1) is 5.92 Å². The molecule has 0 aromatic rings. The van der Waals surface area contributed by atoms with Crippen molar-refractivity contribution in [3.05, 3.63) is 0 Å². The molecular formula is C12H22ClN3O3S. The minimum absolute atomic E-state index is 0.0644. The summed E-state index contributed by atoms with van der Waals surface area (Å²) < 4.78 is 22.9. The number of carbonyl (C=O) groups excluding carboxylic acids is 1. The number of rotatable bonds is 3. The second-order valence-electron chi connectivity index (χ2n) is 6.06. The lowest BCUT2D eigenvalue weighted by molar-refractivity contribution is -0.123. The van der Waals surface area contributed by atoms with Crippen molar-refractivity contribution in [2.75, 3.05) is 31.1 Å². The van der Waals surface area contributed by atoms with Gasteiger partial charge in [0.25, 0.3) is 0 Å². The van der Waals surface area contributed by atoms with E-state index in [1.54, 1.807) is 0 Å². The summed E-state index contributed by atoms with van der Waals surface area (Å²) in [5.74, 6) is 0.159. The smallest absolute Gasteiger partial charge is 0.234 e. The van der Waals surface area contributed by atoms with E-state index in [2.05, 4.69) is 12.2 Å². The maximum absolute atomic E-state index is 12.0. The topological polar surface area (TPSA) is 92.5 Å². The maximum Gasteiger partial charge on any atom is 0.234 e. The zero-order chi connectivity index (χ0) is 14.9. The maximum atomic E-state index is 12.0. The van der Waals surface area contributed by atoms with Crippen LogP contribution in [0.5, 0.6) is 0 Å². The number of carbonyl (C=O) groups is 1. The Bertz CT molecular complexity index is 461. The van der Waals surface area contributed by atoms with Crippen molar-refractivity contribution >= 4 is 27.3 Å². The summed E-state index contributed by atoms with van der Waals surface area (Å²) in [6.07, 6.45) is 0.975. The molecule has 2 saturated heterocycles. The van der Waals surface area contributed by atoms with Gasteiger partial charge < -0.3 is 11.1 Å². The van der Waals surface area contributed by atoms with E-state index in [4.69, 9.17) is 17.3 Å². The number of halogens is 1. The molecule has 8 heteroatoms. The van der Waals surface area contributed by atoms with Crippen molar-refractivity contribution in [3.63, 3.8) is 0 Å². The van der Waals surface area contributed by atoms with Gasteiger partial charge in [0.05, 0.1) is 29.5 Å². The standard InChI is InChI=1S/C12H22ClN3O3S/c1-8-2-9(14)4-16(3-8)5-12(17)15-11-7-20(18,19)6-10(11)13/h8-11H,2-7,14H2,1H3,(H,15,17). The highest BCUT2D eigenvalue weighted by molar-refractivity contribution is 7.91. The third kappa shape index (κ3) is 4.31. The molecule has 3 N–H and O–H groups in total. The molecule has 2 rings (SSSR count). The fourth-order valence-electron chi connectivity index (χ4n) is 3.03. The molecule has 0 aliphatic carbocycles. The molecule has 0 spiro atoms. The SMILES string of the molecule is CC1CC(N)CN(CC(=O)NC2CS(=O)(=O)CC2Cl)C1. The molecule has 6 nitrogen and oxygen atoms in total. The highest BCUT2D eigenvalue weighted by atomic mass is 35.5. The Hall–Kier alpha value is -0.370. The van der Waals surface area contributed by atoms with Gasteiger partial charge in [-0.1, -0.05) is 6.92 Å². The Balaban J connectivity index is 1.84. The first kappa shape index (κ1) is 16.0. The summed E-state index contributed by atoms with van der Waals surface area (Å²) in [5.41, 5.74) is 5.94. The Labute approximate surface area is 124 Å². The third-order valence-electron chi connectivity index (χ3n) is 3.76. The lowest BCUT2D eigenvalue weighted by Crippen LogP contribution is -2.51. The number of hydrogen-bond donors (Lipinski definition) is 2. The van der Waals surface area contributed by atoms with Crippen molar-refractivity contribution < 1.29 is 13.2 Å². The van der Waals surface area contributed by atoms with Crippen molar-refractivity contribution in [2.45, 2.75) is 30.8 Å². The van der Waals surface area contributed by atoms with Crippen LogP contribution in [0.15, 0.2) is 0 Å². The minimum Gasteiger partial charge on any atom is -0.350 e. The second kappa shape index (κ2) is 6.17. The van der Waals surface area contributed by atoms with Crippen LogP contribution in [0.25, 0.3) is 0 Å². The Morgan fingerprint density at radius 2 is 2.10 bits per heavy atom. The summed E-state index contributed by atoms with van der Waals surface area (Å²) in [7, 11) is -3.12. The number of piperidine rings is 1. The fraction of sp³-hybridized carbons (Fsp3) is 0.917. The van der Waals surface area contributed by atoms with E-state index in [9.17, 15) is 13.2 Å². The normalized spacial score (nSPS) is 37.8. The van der Waals surface area contributed by atoms with Gasteiger partial charge in [0.15, 0.2) is 9.84 Å². The molecule has 0 saturated carbocycles. The van der Waals surface area contributed by atoms with Gasteiger partial charge in [0.2, 0.25) is 5.91 Å². The van der Waals surface area contributed by atoms with E-state index in [0.29, 0.717) is 12.5 Å². The molecule has 20 heavy (non-hydrogen) atoms. The van der Waals surface area contributed by atoms with Crippen LogP contribution in [0.4, 0.5) is 0 Å². The molecule has 4 unspecified atom stereocenters. The number of hydrogen-bond acceptors (Lipinski definition) is 5. The monoisotopic (exact) mass is 323 g/mol. The number of nitrogens with zero attached hydrogens (tertiary/aromatic N) is 1. The molecule has 2 aliphatic rings. The highest BCUT2D eigenvalue weighted by Crippen LogP contribution is 2.18. The predicted molar refractivity (Wildman–Crippen MR) is 78.4 cm³/mol. The molecule has 0 aromatic carbocycles. The number of amides is 1. The number of sulfone groups is 1. The van der Waals surface area contributed by atoms with Crippen LogP contribution in [0.3, 0.4) is 0 Å². The van der Waals surface area contributed by atoms with Crippen LogP contribution in [0.2, 0.25) is 0 Å². The van der Waals surface area contributed by atoms with Crippen molar-refractivity contribution in [2.24, 2.45) is 11.7 Å². The average Bonchev–Trinajstić information content (AvgIpc) is 2.49. The predicted octanol–water partition coefficient (Wildman–Crippen LogP) is -0.824. The van der Waals surface area contributed by atoms with Gasteiger partial charge >= 0.3 is 0 Å². The summed E-state index contributed by atoms with van der Waals surface area (Å²) in [6, 6.07) is -0.385. The Kier molecular flexibility index (Phi) is 4.94. The summed E-state index contributed by atoms with van der Waals surface area (Å²) in [4.78, 5) is 14.0. The third-order valence-corrected chi connectivity index (χ3v) is 6.14. The molecule has 4 atom stereocenters. The lowest BCUT2D eigenvalue weighted by atomic mass is 9.97. The van der Waals surface area contributed by atoms with Crippen LogP contribution < -0.4 is 11.1 Å². The van der Waals surface area contributed by atoms with Gasteiger partial charge in [0.1, 0.15) is 0 Å². The number of nitrogens with two attached hydrogens (primary N) is 1. The zero-order valence-corrected chi connectivity index (χ0v) is 13.2. The van der Waals surface area contributed by atoms with Crippen LogP contribution in [0.1, 0.15) is 13.3 Å². The molecule has 0 aromatic heterocycles. The fourth-order valence-corrected chi connectivity index (χ4v) is 5.58. The molecule has 1 amide bonds. The largest absolute Gasteiger partial charge is 0.350 e. The van der Waals surface area contributed by atoms with E-state index in [1.165, 1.54) is 0 Å². The van der Waals surface area contributed by atoms with Gasteiger partial charge in [-0.15, -0.1) is 11.6 Å². The lowest BCUT2D eigenvalue weighted by Gasteiger charge is -2.34. The first-order valence-electron chi connectivity index (χ1n) is 6.87. The Morgan fingerprint density at radius 3 is 2.65 bits per heavy atom. The highest BCUT2D eigenvalue weighted by Gasteiger charge is 2.37. The van der Waals surface area contributed by atoms with Crippen molar-refractivity contribution in [3.8, 4) is 0 Å². The first-order chi connectivity index (χ1) is 9.25. The molecule has 116 valence electrons. The molecular weight excluding hydrogens is 302 g/mol. The molecule has 2 aliphatic heterocycles. The van der Waals surface area contributed by atoms with Crippen molar-refractivity contribution in [1.29, 1.82) is 0 Å². The number of nitrogens with one attached hydrogen (secondary N) is 1. The average molecular weight is 324 g/mol. The first-order valence-corrected chi connectivity index (χ1v) is 9.13. The quantitative estimate of drug-likeness (QED) is 0.662. The van der Waals surface area contributed by atoms with E-state index in [-0.39, 0.29) is 30.0 Å². The van der Waals surface area contributed by atoms with Gasteiger partial charge in [-0.25, -0.2) is 8.42 Å².